The van der Waals surface area contributed by atoms with E-state index in [1.165, 1.54) is 8.61 Å². The fourth-order valence-corrected chi connectivity index (χ4v) is 3.81. The van der Waals surface area contributed by atoms with Gasteiger partial charge >= 0.3 is 0 Å². The molecule has 10 heteroatoms. The van der Waals surface area contributed by atoms with Crippen molar-refractivity contribution in [1.29, 1.82) is 0 Å². The molecule has 3 heterocycles. The van der Waals surface area contributed by atoms with Crippen LogP contribution in [0.25, 0.3) is 0 Å². The highest BCUT2D eigenvalue weighted by Gasteiger charge is 2.29. The van der Waals surface area contributed by atoms with Gasteiger partial charge in [-0.05, 0) is 19.1 Å². The number of nitrogens with zero attached hydrogens (tertiary/aromatic N) is 6. The van der Waals surface area contributed by atoms with Crippen molar-refractivity contribution in [3.8, 4) is 0 Å². The summed E-state index contributed by atoms with van der Waals surface area (Å²) in [5, 5.41) is 3.17. The Morgan fingerprint density at radius 1 is 1.08 bits per heavy atom. The molecule has 3 rings (SSSR count). The van der Waals surface area contributed by atoms with E-state index in [0.717, 1.165) is 5.82 Å². The van der Waals surface area contributed by atoms with Gasteiger partial charge in [-0.15, -0.1) is 0 Å². The van der Waals surface area contributed by atoms with Gasteiger partial charge in [0.15, 0.2) is 0 Å². The van der Waals surface area contributed by atoms with Crippen molar-refractivity contribution in [2.75, 3.05) is 50.5 Å². The predicted molar refractivity (Wildman–Crippen MR) is 101 cm³/mol. The molecule has 1 saturated heterocycles. The number of anilines is 3. The van der Waals surface area contributed by atoms with Gasteiger partial charge in [-0.1, -0.05) is 6.07 Å². The van der Waals surface area contributed by atoms with E-state index in [1.54, 1.807) is 20.3 Å². The standard InChI is InChI=1S/C16H23N7O2S/c1-13-18-15(20-14-6-4-5-7-17-14)12-16(19-13)22-8-10-23(11-9-22)26(24,25)21(2)3/h4-7,12H,8-11H2,1-3H3,(H,17,18,19,20). The fourth-order valence-electron chi connectivity index (χ4n) is 2.72. The van der Waals surface area contributed by atoms with Crippen molar-refractivity contribution in [1.82, 2.24) is 23.6 Å². The third kappa shape index (κ3) is 4.09. The summed E-state index contributed by atoms with van der Waals surface area (Å²) < 4.78 is 27.2. The number of nitrogens with one attached hydrogen (secondary N) is 1. The molecule has 1 N–H and O–H groups in total. The zero-order chi connectivity index (χ0) is 18.7. The Morgan fingerprint density at radius 3 is 2.42 bits per heavy atom. The summed E-state index contributed by atoms with van der Waals surface area (Å²) in [6, 6.07) is 7.47. The number of aryl methyl sites for hydroxylation is 1. The SMILES string of the molecule is Cc1nc(Nc2ccccn2)cc(N2CCN(S(=O)(=O)N(C)C)CC2)n1. The van der Waals surface area contributed by atoms with Crippen molar-refractivity contribution < 1.29 is 8.42 Å². The van der Waals surface area contributed by atoms with Crippen LogP contribution in [0, 0.1) is 6.92 Å². The molecule has 0 atom stereocenters. The highest BCUT2D eigenvalue weighted by atomic mass is 32.2. The van der Waals surface area contributed by atoms with E-state index in [4.69, 9.17) is 0 Å². The van der Waals surface area contributed by atoms with Crippen LogP contribution in [-0.4, -0.2) is 72.3 Å². The second kappa shape index (κ2) is 7.52. The lowest BCUT2D eigenvalue weighted by atomic mass is 10.3. The Kier molecular flexibility index (Phi) is 5.35. The van der Waals surface area contributed by atoms with Gasteiger partial charge in [0.05, 0.1) is 0 Å². The topological polar surface area (TPSA) is 94.6 Å². The van der Waals surface area contributed by atoms with Crippen LogP contribution in [0.1, 0.15) is 5.82 Å². The largest absolute Gasteiger partial charge is 0.354 e. The molecule has 0 aliphatic carbocycles. The van der Waals surface area contributed by atoms with Gasteiger partial charge < -0.3 is 10.2 Å². The fraction of sp³-hybridized carbons (Fsp3) is 0.438. The maximum Gasteiger partial charge on any atom is 0.281 e. The molecule has 9 nitrogen and oxygen atoms in total. The summed E-state index contributed by atoms with van der Waals surface area (Å²) in [4.78, 5) is 15.2. The highest BCUT2D eigenvalue weighted by molar-refractivity contribution is 7.86. The van der Waals surface area contributed by atoms with E-state index in [9.17, 15) is 8.42 Å². The molecule has 0 amide bonds. The molecule has 0 radical (unpaired) electrons. The molecule has 1 aliphatic heterocycles. The number of aromatic nitrogens is 3. The van der Waals surface area contributed by atoms with Gasteiger partial charge in [0.2, 0.25) is 0 Å². The molecule has 2 aromatic rings. The Bertz CT molecular complexity index is 850. The Hall–Kier alpha value is -2.30. The minimum atomic E-state index is -3.38. The Balaban J connectivity index is 1.73. The summed E-state index contributed by atoms with van der Waals surface area (Å²) >= 11 is 0. The average molecular weight is 377 g/mol. The first-order valence-corrected chi connectivity index (χ1v) is 9.72. The van der Waals surface area contributed by atoms with Gasteiger partial charge in [-0.25, -0.2) is 15.0 Å². The molecule has 0 saturated carbocycles. The summed E-state index contributed by atoms with van der Waals surface area (Å²) in [6.07, 6.45) is 1.71. The maximum absolute atomic E-state index is 12.2. The quantitative estimate of drug-likeness (QED) is 0.825. The lowest BCUT2D eigenvalue weighted by Crippen LogP contribution is -2.51. The van der Waals surface area contributed by atoms with Crippen LogP contribution >= 0.6 is 0 Å². The summed E-state index contributed by atoms with van der Waals surface area (Å²) in [5.41, 5.74) is 0. The smallest absolute Gasteiger partial charge is 0.281 e. The molecule has 2 aromatic heterocycles. The van der Waals surface area contributed by atoms with E-state index in [2.05, 4.69) is 25.2 Å². The number of rotatable bonds is 5. The molecular formula is C16H23N7O2S. The molecule has 0 aromatic carbocycles. The van der Waals surface area contributed by atoms with Crippen molar-refractivity contribution >= 4 is 27.7 Å². The lowest BCUT2D eigenvalue weighted by Gasteiger charge is -2.35. The van der Waals surface area contributed by atoms with Crippen LogP contribution in [0.15, 0.2) is 30.5 Å². The van der Waals surface area contributed by atoms with Crippen LogP contribution in [-0.2, 0) is 10.2 Å². The van der Waals surface area contributed by atoms with Gasteiger partial charge in [0.25, 0.3) is 10.2 Å². The van der Waals surface area contributed by atoms with E-state index in [1.807, 2.05) is 31.2 Å². The Morgan fingerprint density at radius 2 is 1.81 bits per heavy atom. The number of piperazine rings is 1. The van der Waals surface area contributed by atoms with E-state index in [-0.39, 0.29) is 0 Å². The van der Waals surface area contributed by atoms with Crippen LogP contribution in [0.5, 0.6) is 0 Å². The van der Waals surface area contributed by atoms with Gasteiger partial charge in [0, 0.05) is 52.5 Å². The second-order valence-corrected chi connectivity index (χ2v) is 8.32. The molecule has 1 aliphatic rings. The molecule has 26 heavy (non-hydrogen) atoms. The van der Waals surface area contributed by atoms with Crippen molar-refractivity contribution in [3.63, 3.8) is 0 Å². The number of hydrogen-bond donors (Lipinski definition) is 1. The Labute approximate surface area is 153 Å². The van der Waals surface area contributed by atoms with Crippen molar-refractivity contribution in [2.45, 2.75) is 6.92 Å². The second-order valence-electron chi connectivity index (χ2n) is 6.17. The van der Waals surface area contributed by atoms with Crippen LogP contribution in [0.3, 0.4) is 0 Å². The molecule has 140 valence electrons. The van der Waals surface area contributed by atoms with E-state index in [0.29, 0.717) is 43.6 Å². The van der Waals surface area contributed by atoms with E-state index < -0.39 is 10.2 Å². The first-order valence-electron chi connectivity index (χ1n) is 8.32. The number of pyridine rings is 1. The zero-order valence-electron chi connectivity index (χ0n) is 15.1. The molecule has 1 fully saturated rings. The summed E-state index contributed by atoms with van der Waals surface area (Å²) in [6.45, 7) is 3.83. The molecular weight excluding hydrogens is 354 g/mol. The molecule has 0 bridgehead atoms. The van der Waals surface area contributed by atoms with Crippen molar-refractivity contribution in [2.24, 2.45) is 0 Å². The zero-order valence-corrected chi connectivity index (χ0v) is 15.9. The first-order chi connectivity index (χ1) is 12.4. The normalized spacial score (nSPS) is 16.1. The predicted octanol–water partition coefficient (Wildman–Crippen LogP) is 0.852. The summed E-state index contributed by atoms with van der Waals surface area (Å²) in [5.74, 6) is 2.79. The minimum Gasteiger partial charge on any atom is -0.354 e. The first kappa shape index (κ1) is 18.5. The van der Waals surface area contributed by atoms with Gasteiger partial charge in [0.1, 0.15) is 23.3 Å². The van der Waals surface area contributed by atoms with Gasteiger partial charge in [-0.3, -0.25) is 0 Å². The van der Waals surface area contributed by atoms with E-state index >= 15 is 0 Å². The third-order valence-corrected chi connectivity index (χ3v) is 6.04. The van der Waals surface area contributed by atoms with Crippen LogP contribution in [0.4, 0.5) is 17.5 Å². The monoisotopic (exact) mass is 377 g/mol. The molecule has 0 spiro atoms. The van der Waals surface area contributed by atoms with Crippen LogP contribution < -0.4 is 10.2 Å². The minimum absolute atomic E-state index is 0.423. The number of hydrogen-bond acceptors (Lipinski definition) is 7. The average Bonchev–Trinajstić information content (AvgIpc) is 2.62. The highest BCUT2D eigenvalue weighted by Crippen LogP contribution is 2.21. The third-order valence-electron chi connectivity index (χ3n) is 4.10. The molecule has 0 unspecified atom stereocenters. The maximum atomic E-state index is 12.2. The summed E-state index contributed by atoms with van der Waals surface area (Å²) in [7, 11) is -0.283. The van der Waals surface area contributed by atoms with Crippen molar-refractivity contribution in [3.05, 3.63) is 36.3 Å². The van der Waals surface area contributed by atoms with Crippen LogP contribution in [0.2, 0.25) is 0 Å². The lowest BCUT2D eigenvalue weighted by molar-refractivity contribution is 0.355. The van der Waals surface area contributed by atoms with Gasteiger partial charge in [-0.2, -0.15) is 17.0 Å².